The topological polar surface area (TPSA) is 186 Å². The Morgan fingerprint density at radius 2 is 0.982 bits per heavy atom. The fourth-order valence-corrected chi connectivity index (χ4v) is 7.37. The molecule has 0 aromatic rings. The summed E-state index contributed by atoms with van der Waals surface area (Å²) in [5.41, 5.74) is 8.29. The van der Waals surface area contributed by atoms with Gasteiger partial charge in [0.1, 0.15) is 13.2 Å². The number of phosphoric acid groups is 1. The third kappa shape index (κ3) is 41.8. The Kier molecular flexibility index (Phi) is 40.4. The number of carbonyl (C=O) groups is 3. The number of unbranched alkanes of at least 4 members (excludes halogenated alkanes) is 28. The van der Waals surface area contributed by atoms with E-state index in [1.165, 1.54) is 141 Å². The van der Waals surface area contributed by atoms with E-state index in [1.54, 1.807) is 0 Å². The van der Waals surface area contributed by atoms with Crippen LogP contribution in [0.3, 0.4) is 0 Å². The molecule has 0 bridgehead atoms. The molecule has 0 aliphatic carbocycles. The van der Waals surface area contributed by atoms with Crippen LogP contribution in [0.1, 0.15) is 219 Å². The Hall–Kier alpha value is -2.17. The van der Waals surface area contributed by atoms with Crippen molar-refractivity contribution in [2.24, 2.45) is 5.11 Å². The molecule has 2 atom stereocenters. The van der Waals surface area contributed by atoms with Gasteiger partial charge < -0.3 is 19.7 Å². The monoisotopic (exact) mass is 831 g/mol. The summed E-state index contributed by atoms with van der Waals surface area (Å²) in [6.45, 7) is 2.79. The molecule has 14 heteroatoms. The summed E-state index contributed by atoms with van der Waals surface area (Å²) in [4.78, 5) is 49.3. The van der Waals surface area contributed by atoms with E-state index >= 15 is 0 Å². The lowest BCUT2D eigenvalue weighted by molar-refractivity contribution is -0.161. The van der Waals surface area contributed by atoms with E-state index in [0.717, 1.165) is 38.5 Å². The first-order chi connectivity index (χ1) is 27.7. The minimum absolute atomic E-state index is 0.123. The molecule has 0 aliphatic heterocycles. The van der Waals surface area contributed by atoms with Crippen LogP contribution < -0.4 is 5.32 Å². The summed E-state index contributed by atoms with van der Waals surface area (Å²) in [7, 11) is -4.58. The minimum atomic E-state index is -4.58. The maximum absolute atomic E-state index is 12.7. The fourth-order valence-electron chi connectivity index (χ4n) is 6.62. The molecule has 0 aromatic heterocycles. The van der Waals surface area contributed by atoms with Crippen LogP contribution in [0.5, 0.6) is 0 Å². The smallest absolute Gasteiger partial charge is 0.462 e. The first-order valence-corrected chi connectivity index (χ1v) is 24.5. The fraction of sp³-hybridized carbons (Fsp3) is 0.930. The van der Waals surface area contributed by atoms with Crippen LogP contribution in [-0.4, -0.2) is 61.8 Å². The molecule has 0 saturated carbocycles. The number of hydrogen-bond donors (Lipinski definition) is 2. The number of esters is 2. The molecular weight excluding hydrogens is 747 g/mol. The second kappa shape index (κ2) is 42.0. The van der Waals surface area contributed by atoms with Gasteiger partial charge in [-0.25, -0.2) is 4.57 Å². The highest BCUT2D eigenvalue weighted by Crippen LogP contribution is 2.43. The molecule has 13 nitrogen and oxygen atoms in total. The van der Waals surface area contributed by atoms with E-state index in [1.807, 2.05) is 0 Å². The van der Waals surface area contributed by atoms with Crippen molar-refractivity contribution in [3.8, 4) is 0 Å². The predicted molar refractivity (Wildman–Crippen MR) is 229 cm³/mol. The standard InChI is InChI=1S/C43H83N4O9P/c1-3-5-7-9-11-13-15-17-19-21-23-25-27-29-31-33-42(49)53-38-40(39-55-57(51,52)54-36-35-45-41(48)37-46-47-44)56-43(50)34-32-30-28-26-24-22-20-18-16-14-12-10-8-6-4-2/h40H,3-39H2,1-2H3,(H,45,48)(H,51,52)/t40-/m1/s1. The lowest BCUT2D eigenvalue weighted by Crippen LogP contribution is -2.30. The number of nitrogens with one attached hydrogen (secondary N) is 1. The number of nitrogens with zero attached hydrogens (tertiary/aromatic N) is 3. The number of carbonyl (C=O) groups excluding carboxylic acids is 3. The highest BCUT2D eigenvalue weighted by Gasteiger charge is 2.26. The van der Waals surface area contributed by atoms with Crippen molar-refractivity contribution in [3.05, 3.63) is 10.4 Å². The summed E-state index contributed by atoms with van der Waals surface area (Å²) >= 11 is 0. The molecule has 0 rings (SSSR count). The molecule has 0 saturated heterocycles. The maximum atomic E-state index is 12.7. The Bertz CT molecular complexity index is 1060. The van der Waals surface area contributed by atoms with Gasteiger partial charge in [-0.15, -0.1) is 0 Å². The van der Waals surface area contributed by atoms with E-state index < -0.39 is 44.9 Å². The summed E-state index contributed by atoms with van der Waals surface area (Å²) in [5.74, 6) is -1.49. The van der Waals surface area contributed by atoms with E-state index in [9.17, 15) is 23.8 Å². The Morgan fingerprint density at radius 3 is 1.39 bits per heavy atom. The lowest BCUT2D eigenvalue weighted by atomic mass is 10.0. The zero-order valence-corrected chi connectivity index (χ0v) is 37.1. The summed E-state index contributed by atoms with van der Waals surface area (Å²) in [5, 5.41) is 5.50. The molecule has 0 aliphatic rings. The van der Waals surface area contributed by atoms with Crippen LogP contribution in [0.4, 0.5) is 0 Å². The van der Waals surface area contributed by atoms with Crippen molar-refractivity contribution in [3.63, 3.8) is 0 Å². The van der Waals surface area contributed by atoms with Gasteiger partial charge in [0.2, 0.25) is 5.91 Å². The van der Waals surface area contributed by atoms with Gasteiger partial charge in [0.05, 0.1) is 13.2 Å². The zero-order chi connectivity index (χ0) is 41.9. The molecule has 1 unspecified atom stereocenters. The van der Waals surface area contributed by atoms with Gasteiger partial charge in [0.15, 0.2) is 6.10 Å². The SMILES string of the molecule is CCCCCCCCCCCCCCCCCC(=O)OC[C@H](COP(=O)(O)OCCNC(=O)CN=[N+]=[N-])OC(=O)CCCCCCCCCCCCCCCCC. The third-order valence-corrected chi connectivity index (χ3v) is 11.1. The highest BCUT2D eigenvalue weighted by molar-refractivity contribution is 7.47. The van der Waals surface area contributed by atoms with Crippen molar-refractivity contribution in [1.29, 1.82) is 0 Å². The number of rotatable bonds is 44. The third-order valence-electron chi connectivity index (χ3n) is 10.1. The van der Waals surface area contributed by atoms with E-state index in [-0.39, 0.29) is 32.6 Å². The van der Waals surface area contributed by atoms with Gasteiger partial charge in [0.25, 0.3) is 0 Å². The number of ether oxygens (including phenoxy) is 2. The Morgan fingerprint density at radius 1 is 0.596 bits per heavy atom. The quantitative estimate of drug-likeness (QED) is 0.0150. The average Bonchev–Trinajstić information content (AvgIpc) is 3.19. The minimum Gasteiger partial charge on any atom is -0.462 e. The van der Waals surface area contributed by atoms with Gasteiger partial charge in [-0.1, -0.05) is 199 Å². The summed E-state index contributed by atoms with van der Waals surface area (Å²) < 4.78 is 33.3. The number of azide groups is 1. The van der Waals surface area contributed by atoms with Gasteiger partial charge in [-0.3, -0.25) is 23.4 Å². The van der Waals surface area contributed by atoms with Crippen LogP contribution in [0.15, 0.2) is 5.11 Å². The van der Waals surface area contributed by atoms with Crippen LogP contribution >= 0.6 is 7.82 Å². The molecular formula is C43H83N4O9P. The number of amides is 1. The zero-order valence-electron chi connectivity index (χ0n) is 36.2. The predicted octanol–water partition coefficient (Wildman–Crippen LogP) is 12.5. The van der Waals surface area contributed by atoms with Gasteiger partial charge in [-0.05, 0) is 18.4 Å². The first kappa shape index (κ1) is 54.8. The largest absolute Gasteiger partial charge is 0.472 e. The van der Waals surface area contributed by atoms with E-state index in [2.05, 4.69) is 29.2 Å². The second-order valence-electron chi connectivity index (χ2n) is 15.5. The number of hydrogen-bond acceptors (Lipinski definition) is 9. The van der Waals surface area contributed by atoms with Crippen LogP contribution in [0.25, 0.3) is 10.4 Å². The molecule has 2 N–H and O–H groups in total. The lowest BCUT2D eigenvalue weighted by Gasteiger charge is -2.20. The number of phosphoric ester groups is 1. The van der Waals surface area contributed by atoms with Gasteiger partial charge >= 0.3 is 19.8 Å². The average molecular weight is 831 g/mol. The summed E-state index contributed by atoms with van der Waals surface area (Å²) in [6, 6.07) is 0. The molecule has 0 heterocycles. The van der Waals surface area contributed by atoms with Crippen molar-refractivity contribution >= 4 is 25.7 Å². The molecule has 334 valence electrons. The Balaban J connectivity index is 4.41. The molecule has 1 amide bonds. The molecule has 0 radical (unpaired) electrons. The second-order valence-corrected chi connectivity index (χ2v) is 17.0. The molecule has 0 fully saturated rings. The van der Waals surface area contributed by atoms with Crippen LogP contribution in [0, 0.1) is 0 Å². The van der Waals surface area contributed by atoms with Crippen LogP contribution in [-0.2, 0) is 37.5 Å². The summed E-state index contributed by atoms with van der Waals surface area (Å²) in [6.07, 6.45) is 36.0. The van der Waals surface area contributed by atoms with Crippen LogP contribution in [0.2, 0.25) is 0 Å². The maximum Gasteiger partial charge on any atom is 0.472 e. The normalized spacial score (nSPS) is 12.8. The molecule has 0 spiro atoms. The molecule has 57 heavy (non-hydrogen) atoms. The Labute approximate surface area is 346 Å². The van der Waals surface area contributed by atoms with Crippen molar-refractivity contribution in [1.82, 2.24) is 5.32 Å². The van der Waals surface area contributed by atoms with E-state index in [4.69, 9.17) is 24.1 Å². The van der Waals surface area contributed by atoms with Crippen molar-refractivity contribution in [2.45, 2.75) is 225 Å². The first-order valence-electron chi connectivity index (χ1n) is 23.0. The van der Waals surface area contributed by atoms with E-state index in [0.29, 0.717) is 12.8 Å². The van der Waals surface area contributed by atoms with Gasteiger partial charge in [-0.2, -0.15) is 0 Å². The highest BCUT2D eigenvalue weighted by atomic mass is 31.2. The van der Waals surface area contributed by atoms with Crippen molar-refractivity contribution in [2.75, 3.05) is 32.9 Å². The van der Waals surface area contributed by atoms with Crippen molar-refractivity contribution < 1.29 is 42.4 Å². The van der Waals surface area contributed by atoms with Gasteiger partial charge in [0, 0.05) is 24.3 Å². The molecule has 0 aromatic carbocycles.